The molecular weight excluding hydrogens is 190 g/mol. The maximum absolute atomic E-state index is 5.71. The van der Waals surface area contributed by atoms with Crippen LogP contribution in [0.4, 0.5) is 0 Å². The first-order chi connectivity index (χ1) is 6.22. The predicted octanol–water partition coefficient (Wildman–Crippen LogP) is 2.00. The van der Waals surface area contributed by atoms with Gasteiger partial charge in [0.2, 0.25) is 0 Å². The van der Waals surface area contributed by atoms with Crippen molar-refractivity contribution in [3.63, 3.8) is 0 Å². The number of benzene rings is 1. The monoisotopic (exact) mass is 201 g/mol. The Hall–Kier alpha value is -0.770. The highest BCUT2D eigenvalue weighted by Gasteiger charge is 2.02. The second-order valence-electron chi connectivity index (χ2n) is 2.72. The van der Waals surface area contributed by atoms with Crippen LogP contribution in [0, 0.1) is 0 Å². The fourth-order valence-electron chi connectivity index (χ4n) is 0.915. The van der Waals surface area contributed by atoms with Crippen LogP contribution >= 0.6 is 11.6 Å². The van der Waals surface area contributed by atoms with Crippen molar-refractivity contribution in [3.05, 3.63) is 29.3 Å². The van der Waals surface area contributed by atoms with Crippen molar-refractivity contribution in [2.75, 3.05) is 6.61 Å². The predicted molar refractivity (Wildman–Crippen MR) is 51.7 cm³/mol. The molecule has 1 unspecified atom stereocenters. The standard InChI is InChI=1S/C9H12ClNO2/c1-7(6-12-11)13-9-4-2-8(10)3-5-9/h2-5,7H,6,11H2,1H3. The molecule has 0 heterocycles. The van der Waals surface area contributed by atoms with Gasteiger partial charge in [-0.2, -0.15) is 0 Å². The Morgan fingerprint density at radius 3 is 2.54 bits per heavy atom. The maximum Gasteiger partial charge on any atom is 0.121 e. The molecule has 0 saturated heterocycles. The molecule has 1 atom stereocenters. The van der Waals surface area contributed by atoms with E-state index in [-0.39, 0.29) is 6.10 Å². The van der Waals surface area contributed by atoms with Crippen LogP contribution in [0.25, 0.3) is 0 Å². The normalized spacial score (nSPS) is 12.5. The van der Waals surface area contributed by atoms with E-state index in [1.807, 2.05) is 6.92 Å². The van der Waals surface area contributed by atoms with E-state index in [1.54, 1.807) is 24.3 Å². The average molecular weight is 202 g/mol. The highest BCUT2D eigenvalue weighted by Crippen LogP contribution is 2.16. The van der Waals surface area contributed by atoms with Gasteiger partial charge < -0.3 is 9.57 Å². The minimum absolute atomic E-state index is 0.0637. The van der Waals surface area contributed by atoms with Gasteiger partial charge in [0, 0.05) is 5.02 Å². The lowest BCUT2D eigenvalue weighted by Crippen LogP contribution is -2.21. The summed E-state index contributed by atoms with van der Waals surface area (Å²) in [5.41, 5.74) is 0. The van der Waals surface area contributed by atoms with Crippen LogP contribution in [-0.4, -0.2) is 12.7 Å². The van der Waals surface area contributed by atoms with Crippen LogP contribution in [0.5, 0.6) is 5.75 Å². The Morgan fingerprint density at radius 1 is 1.38 bits per heavy atom. The zero-order chi connectivity index (χ0) is 9.68. The SMILES string of the molecule is CC(CON)Oc1ccc(Cl)cc1. The minimum Gasteiger partial charge on any atom is -0.488 e. The molecule has 72 valence electrons. The second-order valence-corrected chi connectivity index (χ2v) is 3.15. The zero-order valence-corrected chi connectivity index (χ0v) is 8.12. The summed E-state index contributed by atoms with van der Waals surface area (Å²) in [6, 6.07) is 7.14. The number of rotatable bonds is 4. The molecule has 4 heteroatoms. The molecule has 0 fully saturated rings. The minimum atomic E-state index is -0.0637. The molecule has 1 aromatic rings. The molecule has 3 nitrogen and oxygen atoms in total. The zero-order valence-electron chi connectivity index (χ0n) is 7.37. The summed E-state index contributed by atoms with van der Waals surface area (Å²) >= 11 is 5.71. The van der Waals surface area contributed by atoms with Gasteiger partial charge >= 0.3 is 0 Å². The summed E-state index contributed by atoms with van der Waals surface area (Å²) in [6.07, 6.45) is -0.0637. The second kappa shape index (κ2) is 5.07. The van der Waals surface area contributed by atoms with Gasteiger partial charge in [-0.3, -0.25) is 0 Å². The molecule has 0 saturated carbocycles. The van der Waals surface area contributed by atoms with Gasteiger partial charge in [-0.15, -0.1) is 0 Å². The van der Waals surface area contributed by atoms with Crippen molar-refractivity contribution < 1.29 is 9.57 Å². The van der Waals surface area contributed by atoms with Crippen molar-refractivity contribution in [1.29, 1.82) is 0 Å². The molecule has 1 rings (SSSR count). The van der Waals surface area contributed by atoms with Crippen LogP contribution < -0.4 is 10.6 Å². The lowest BCUT2D eigenvalue weighted by atomic mass is 10.3. The molecule has 13 heavy (non-hydrogen) atoms. The van der Waals surface area contributed by atoms with E-state index in [4.69, 9.17) is 22.2 Å². The van der Waals surface area contributed by atoms with E-state index in [9.17, 15) is 0 Å². The molecule has 0 radical (unpaired) electrons. The van der Waals surface area contributed by atoms with Crippen LogP contribution in [0.3, 0.4) is 0 Å². The van der Waals surface area contributed by atoms with Gasteiger partial charge in [-0.1, -0.05) is 11.6 Å². The van der Waals surface area contributed by atoms with Gasteiger partial charge in [0.15, 0.2) is 0 Å². The van der Waals surface area contributed by atoms with Crippen LogP contribution in [0.2, 0.25) is 5.02 Å². The first kappa shape index (κ1) is 10.3. The Morgan fingerprint density at radius 2 is 2.00 bits per heavy atom. The number of halogens is 1. The van der Waals surface area contributed by atoms with Crippen LogP contribution in [0.15, 0.2) is 24.3 Å². The lowest BCUT2D eigenvalue weighted by Gasteiger charge is -2.12. The Bertz CT molecular complexity index is 250. The molecule has 0 amide bonds. The fraction of sp³-hybridized carbons (Fsp3) is 0.333. The average Bonchev–Trinajstić information content (AvgIpc) is 2.09. The van der Waals surface area contributed by atoms with Crippen molar-refractivity contribution in [2.45, 2.75) is 13.0 Å². The third kappa shape index (κ3) is 3.63. The van der Waals surface area contributed by atoms with Crippen molar-refractivity contribution >= 4 is 11.6 Å². The molecule has 1 aromatic carbocycles. The number of ether oxygens (including phenoxy) is 1. The summed E-state index contributed by atoms with van der Waals surface area (Å²) in [7, 11) is 0. The lowest BCUT2D eigenvalue weighted by molar-refractivity contribution is 0.0589. The third-order valence-corrected chi connectivity index (χ3v) is 1.73. The van der Waals surface area contributed by atoms with Gasteiger partial charge in [-0.25, -0.2) is 5.90 Å². The molecule has 0 spiro atoms. The number of hydrogen-bond acceptors (Lipinski definition) is 3. The van der Waals surface area contributed by atoms with Crippen LogP contribution in [-0.2, 0) is 4.84 Å². The summed E-state index contributed by atoms with van der Waals surface area (Å²) < 4.78 is 5.45. The first-order valence-corrected chi connectivity index (χ1v) is 4.34. The third-order valence-electron chi connectivity index (χ3n) is 1.48. The van der Waals surface area contributed by atoms with Gasteiger partial charge in [0.05, 0.1) is 0 Å². The van der Waals surface area contributed by atoms with E-state index < -0.39 is 0 Å². The van der Waals surface area contributed by atoms with E-state index >= 15 is 0 Å². The Kier molecular flexibility index (Phi) is 4.02. The molecule has 0 bridgehead atoms. The molecule has 0 aromatic heterocycles. The van der Waals surface area contributed by atoms with Crippen molar-refractivity contribution in [2.24, 2.45) is 5.90 Å². The van der Waals surface area contributed by atoms with Crippen LogP contribution in [0.1, 0.15) is 6.92 Å². The highest BCUT2D eigenvalue weighted by atomic mass is 35.5. The smallest absolute Gasteiger partial charge is 0.121 e. The number of nitrogens with two attached hydrogens (primary N) is 1. The fourth-order valence-corrected chi connectivity index (χ4v) is 1.04. The molecular formula is C9H12ClNO2. The quantitative estimate of drug-likeness (QED) is 0.758. The van der Waals surface area contributed by atoms with Crippen molar-refractivity contribution in [3.8, 4) is 5.75 Å². The summed E-state index contributed by atoms with van der Waals surface area (Å²) in [6.45, 7) is 2.24. The van der Waals surface area contributed by atoms with Crippen molar-refractivity contribution in [1.82, 2.24) is 0 Å². The summed E-state index contributed by atoms with van der Waals surface area (Å²) in [5.74, 6) is 5.66. The first-order valence-electron chi connectivity index (χ1n) is 3.96. The van der Waals surface area contributed by atoms with E-state index in [0.29, 0.717) is 11.6 Å². The largest absolute Gasteiger partial charge is 0.488 e. The number of hydrogen-bond donors (Lipinski definition) is 1. The Balaban J connectivity index is 2.49. The van der Waals surface area contributed by atoms with E-state index in [1.165, 1.54) is 0 Å². The topological polar surface area (TPSA) is 44.5 Å². The van der Waals surface area contributed by atoms with E-state index in [2.05, 4.69) is 4.84 Å². The molecule has 0 aliphatic carbocycles. The van der Waals surface area contributed by atoms with E-state index in [0.717, 1.165) is 5.75 Å². The molecule has 2 N–H and O–H groups in total. The summed E-state index contributed by atoms with van der Waals surface area (Å²) in [5, 5.41) is 0.690. The van der Waals surface area contributed by atoms with Gasteiger partial charge in [0.25, 0.3) is 0 Å². The maximum atomic E-state index is 5.71. The molecule has 0 aliphatic heterocycles. The highest BCUT2D eigenvalue weighted by molar-refractivity contribution is 6.30. The van der Waals surface area contributed by atoms with Gasteiger partial charge in [-0.05, 0) is 31.2 Å². The molecule has 0 aliphatic rings. The summed E-state index contributed by atoms with van der Waals surface area (Å²) in [4.78, 5) is 4.45. The van der Waals surface area contributed by atoms with Gasteiger partial charge in [0.1, 0.15) is 18.5 Å². The Labute approximate surface area is 82.4 Å².